The average Bonchev–Trinajstić information content (AvgIpc) is 2.81. The fourth-order valence-electron chi connectivity index (χ4n) is 2.24. The van der Waals surface area contributed by atoms with Gasteiger partial charge < -0.3 is 19.6 Å². The predicted octanol–water partition coefficient (Wildman–Crippen LogP) is 1.40. The molecular weight excluding hydrogens is 316 g/mol. The quantitative estimate of drug-likeness (QED) is 0.780. The number of H-pyrrole nitrogens is 1. The molecule has 0 saturated carbocycles. The lowest BCUT2D eigenvalue weighted by atomic mass is 10.2. The summed E-state index contributed by atoms with van der Waals surface area (Å²) >= 11 is 1.49. The third-order valence-corrected chi connectivity index (χ3v) is 4.62. The highest BCUT2D eigenvalue weighted by molar-refractivity contribution is 7.18. The number of carboxylic acid groups (broad SMARTS) is 1. The molecule has 0 fully saturated rings. The Morgan fingerprint density at radius 1 is 1.30 bits per heavy atom. The van der Waals surface area contributed by atoms with Crippen LogP contribution in [-0.2, 0) is 4.79 Å². The van der Waals surface area contributed by atoms with E-state index in [1.807, 2.05) is 13.8 Å². The van der Waals surface area contributed by atoms with Gasteiger partial charge >= 0.3 is 0 Å². The van der Waals surface area contributed by atoms with Crippen molar-refractivity contribution in [3.8, 4) is 17.1 Å². The molecule has 0 bridgehead atoms. The van der Waals surface area contributed by atoms with Crippen molar-refractivity contribution in [2.75, 3.05) is 6.61 Å². The van der Waals surface area contributed by atoms with E-state index in [2.05, 4.69) is 9.97 Å². The van der Waals surface area contributed by atoms with Crippen LogP contribution in [0.15, 0.2) is 29.1 Å². The van der Waals surface area contributed by atoms with Gasteiger partial charge in [-0.25, -0.2) is 4.98 Å². The Labute approximate surface area is 135 Å². The van der Waals surface area contributed by atoms with Gasteiger partial charge in [-0.15, -0.1) is 11.3 Å². The van der Waals surface area contributed by atoms with E-state index in [0.29, 0.717) is 27.4 Å². The standard InChI is InChI=1S/C16H14N2O4S/c1-8-9(2)23-16-13(8)15(21)17-14(18-16)10-3-5-11(6-4-10)22-7-12(19)20/h3-6H,7H2,1-2H3,(H,19,20)(H,17,18,21)/p-1. The first-order valence-corrected chi connectivity index (χ1v) is 7.70. The van der Waals surface area contributed by atoms with Crippen molar-refractivity contribution in [1.29, 1.82) is 0 Å². The van der Waals surface area contributed by atoms with Crippen molar-refractivity contribution in [2.24, 2.45) is 0 Å². The first-order valence-electron chi connectivity index (χ1n) is 6.89. The number of thiophene rings is 1. The normalized spacial score (nSPS) is 10.9. The summed E-state index contributed by atoms with van der Waals surface area (Å²) in [4.78, 5) is 31.7. The van der Waals surface area contributed by atoms with Crippen LogP contribution in [0.1, 0.15) is 10.4 Å². The van der Waals surface area contributed by atoms with Gasteiger partial charge in [0.05, 0.1) is 11.4 Å². The van der Waals surface area contributed by atoms with Crippen molar-refractivity contribution in [1.82, 2.24) is 9.97 Å². The smallest absolute Gasteiger partial charge is 0.260 e. The number of benzene rings is 1. The number of nitrogens with one attached hydrogen (secondary N) is 1. The number of nitrogens with zero attached hydrogens (tertiary/aromatic N) is 1. The van der Waals surface area contributed by atoms with Crippen molar-refractivity contribution < 1.29 is 14.6 Å². The molecule has 23 heavy (non-hydrogen) atoms. The van der Waals surface area contributed by atoms with Crippen LogP contribution in [0.25, 0.3) is 21.6 Å². The van der Waals surface area contributed by atoms with Crippen molar-refractivity contribution in [3.05, 3.63) is 45.1 Å². The molecule has 6 nitrogen and oxygen atoms in total. The molecular formula is C16H13N2O4S-. The first-order chi connectivity index (χ1) is 11.0. The Morgan fingerprint density at radius 2 is 2.00 bits per heavy atom. The number of hydrogen-bond acceptors (Lipinski definition) is 6. The number of rotatable bonds is 4. The van der Waals surface area contributed by atoms with Gasteiger partial charge in [0.1, 0.15) is 23.0 Å². The van der Waals surface area contributed by atoms with Gasteiger partial charge in [-0.2, -0.15) is 0 Å². The zero-order valence-corrected chi connectivity index (χ0v) is 13.3. The van der Waals surface area contributed by atoms with E-state index >= 15 is 0 Å². The van der Waals surface area contributed by atoms with Gasteiger partial charge in [0.15, 0.2) is 0 Å². The molecule has 118 valence electrons. The lowest BCUT2D eigenvalue weighted by Gasteiger charge is -2.07. The number of aliphatic carboxylic acids is 1. The summed E-state index contributed by atoms with van der Waals surface area (Å²) in [6.45, 7) is 3.37. The summed E-state index contributed by atoms with van der Waals surface area (Å²) in [5.41, 5.74) is 1.51. The first kappa shape index (κ1) is 15.2. The van der Waals surface area contributed by atoms with E-state index in [0.717, 1.165) is 10.4 Å². The molecule has 2 heterocycles. The zero-order valence-electron chi connectivity index (χ0n) is 12.5. The summed E-state index contributed by atoms with van der Waals surface area (Å²) in [6.07, 6.45) is 0. The Balaban J connectivity index is 1.97. The second-order valence-electron chi connectivity index (χ2n) is 5.06. The topological polar surface area (TPSA) is 95.1 Å². The lowest BCUT2D eigenvalue weighted by molar-refractivity contribution is -0.307. The highest BCUT2D eigenvalue weighted by Crippen LogP contribution is 2.27. The third-order valence-electron chi connectivity index (χ3n) is 3.52. The van der Waals surface area contributed by atoms with E-state index in [9.17, 15) is 14.7 Å². The largest absolute Gasteiger partial charge is 0.546 e. The zero-order chi connectivity index (χ0) is 16.6. The Bertz CT molecular complexity index is 941. The van der Waals surface area contributed by atoms with Crippen LogP contribution in [0, 0.1) is 13.8 Å². The SMILES string of the molecule is Cc1sc2nc(-c3ccc(OCC(=O)[O-])cc3)[nH]c(=O)c2c1C. The van der Waals surface area contributed by atoms with Gasteiger partial charge in [-0.1, -0.05) is 0 Å². The van der Waals surface area contributed by atoms with Crippen LogP contribution in [-0.4, -0.2) is 22.5 Å². The van der Waals surface area contributed by atoms with E-state index in [1.165, 1.54) is 11.3 Å². The minimum Gasteiger partial charge on any atom is -0.546 e. The molecule has 7 heteroatoms. The molecule has 0 spiro atoms. The minimum atomic E-state index is -1.28. The summed E-state index contributed by atoms with van der Waals surface area (Å²) in [5, 5.41) is 11.0. The molecule has 1 N–H and O–H groups in total. The molecule has 0 unspecified atom stereocenters. The maximum atomic E-state index is 12.3. The number of aromatic amines is 1. The third kappa shape index (κ3) is 2.95. The number of fused-ring (bicyclic) bond motifs is 1. The summed E-state index contributed by atoms with van der Waals surface area (Å²) < 4.78 is 5.02. The number of carbonyl (C=O) groups excluding carboxylic acids is 1. The fourth-order valence-corrected chi connectivity index (χ4v) is 3.27. The van der Waals surface area contributed by atoms with Gasteiger partial charge in [-0.3, -0.25) is 4.79 Å². The summed E-state index contributed by atoms with van der Waals surface area (Å²) in [7, 11) is 0. The fraction of sp³-hybridized carbons (Fsp3) is 0.188. The molecule has 2 aromatic heterocycles. The van der Waals surface area contributed by atoms with Crippen molar-refractivity contribution in [3.63, 3.8) is 0 Å². The van der Waals surface area contributed by atoms with Crippen LogP contribution >= 0.6 is 11.3 Å². The van der Waals surface area contributed by atoms with Crippen LogP contribution < -0.4 is 15.4 Å². The molecule has 0 atom stereocenters. The molecule has 0 saturated heterocycles. The highest BCUT2D eigenvalue weighted by atomic mass is 32.1. The molecule has 0 aliphatic carbocycles. The Kier molecular flexibility index (Phi) is 3.87. The van der Waals surface area contributed by atoms with Crippen molar-refractivity contribution >= 4 is 27.5 Å². The number of ether oxygens (including phenoxy) is 1. The monoisotopic (exact) mass is 329 g/mol. The van der Waals surface area contributed by atoms with Gasteiger partial charge in [0.25, 0.3) is 5.56 Å². The molecule has 0 radical (unpaired) electrons. The molecule has 1 aromatic carbocycles. The highest BCUT2D eigenvalue weighted by Gasteiger charge is 2.12. The van der Waals surface area contributed by atoms with E-state index < -0.39 is 12.6 Å². The second-order valence-corrected chi connectivity index (χ2v) is 6.27. The Morgan fingerprint density at radius 3 is 2.65 bits per heavy atom. The number of aromatic nitrogens is 2. The van der Waals surface area contributed by atoms with Gasteiger partial charge in [0.2, 0.25) is 0 Å². The average molecular weight is 329 g/mol. The van der Waals surface area contributed by atoms with E-state index in [1.54, 1.807) is 24.3 Å². The molecule has 0 amide bonds. The number of aryl methyl sites for hydroxylation is 2. The second kappa shape index (κ2) is 5.85. The van der Waals surface area contributed by atoms with Crippen LogP contribution in [0.5, 0.6) is 5.75 Å². The van der Waals surface area contributed by atoms with E-state index in [-0.39, 0.29) is 5.56 Å². The maximum Gasteiger partial charge on any atom is 0.260 e. The van der Waals surface area contributed by atoms with Crippen LogP contribution in [0.2, 0.25) is 0 Å². The van der Waals surface area contributed by atoms with E-state index in [4.69, 9.17) is 4.74 Å². The number of carbonyl (C=O) groups is 1. The lowest BCUT2D eigenvalue weighted by Crippen LogP contribution is -2.28. The van der Waals surface area contributed by atoms with Crippen LogP contribution in [0.4, 0.5) is 0 Å². The molecule has 0 aliphatic rings. The minimum absolute atomic E-state index is 0.163. The van der Waals surface area contributed by atoms with Gasteiger partial charge in [-0.05, 0) is 43.7 Å². The summed E-state index contributed by atoms with van der Waals surface area (Å²) in [5.74, 6) is -0.409. The predicted molar refractivity (Wildman–Crippen MR) is 85.7 cm³/mol. The molecule has 3 aromatic rings. The van der Waals surface area contributed by atoms with Crippen molar-refractivity contribution in [2.45, 2.75) is 13.8 Å². The van der Waals surface area contributed by atoms with Crippen LogP contribution in [0.3, 0.4) is 0 Å². The number of carboxylic acids is 1. The number of hydrogen-bond donors (Lipinski definition) is 1. The van der Waals surface area contributed by atoms with Gasteiger partial charge in [0, 0.05) is 10.4 Å². The Hall–Kier alpha value is -2.67. The molecule has 0 aliphatic heterocycles. The summed E-state index contributed by atoms with van der Waals surface area (Å²) in [6, 6.07) is 6.66. The molecule has 3 rings (SSSR count). The maximum absolute atomic E-state index is 12.3.